The first-order chi connectivity index (χ1) is 11.6. The second-order valence-corrected chi connectivity index (χ2v) is 8.10. The van der Waals surface area contributed by atoms with Gasteiger partial charge in [-0.15, -0.1) is 11.3 Å². The minimum atomic E-state index is -0.140. The van der Waals surface area contributed by atoms with Crippen LogP contribution in [-0.2, 0) is 6.42 Å². The van der Waals surface area contributed by atoms with Crippen molar-refractivity contribution < 1.29 is 0 Å². The summed E-state index contributed by atoms with van der Waals surface area (Å²) in [6.45, 7) is 2.12. The number of unbranched alkanes of at least 4 members (excludes halogenated alkanes) is 1. The fourth-order valence-corrected chi connectivity index (χ4v) is 3.98. The summed E-state index contributed by atoms with van der Waals surface area (Å²) in [6.07, 6.45) is 4.44. The molecule has 0 amide bonds. The van der Waals surface area contributed by atoms with Crippen molar-refractivity contribution in [2.45, 2.75) is 26.2 Å². The molecule has 0 spiro atoms. The van der Waals surface area contributed by atoms with Gasteiger partial charge >= 0.3 is 0 Å². The number of aromatic nitrogens is 2. The van der Waals surface area contributed by atoms with E-state index in [1.54, 1.807) is 23.6 Å². The Hall–Kier alpha value is -1.31. The van der Waals surface area contributed by atoms with E-state index in [4.69, 9.17) is 0 Å². The van der Waals surface area contributed by atoms with E-state index in [-0.39, 0.29) is 5.56 Å². The van der Waals surface area contributed by atoms with Crippen LogP contribution in [-0.4, -0.2) is 15.9 Å². The average Bonchev–Trinajstić information content (AvgIpc) is 2.98. The first kappa shape index (κ1) is 17.5. The summed E-state index contributed by atoms with van der Waals surface area (Å²) < 4.78 is 3.29. The third kappa shape index (κ3) is 3.84. The second kappa shape index (κ2) is 7.72. The largest absolute Gasteiger partial charge is 0.282 e. The first-order valence-corrected chi connectivity index (χ1v) is 10.0. The third-order valence-electron chi connectivity index (χ3n) is 3.52. The van der Waals surface area contributed by atoms with Crippen LogP contribution in [0.2, 0.25) is 0 Å². The fraction of sp³-hybridized carbons (Fsp3) is 0.235. The standard InChI is InChI=1S/C17H15Br2N3OS/c1-2-3-4-16-21-15-6-5-11(18)8-14(15)17(23)22(16)20-9-13-7-12(19)10-24-13/h5-10H,2-4H2,1H3. The lowest BCUT2D eigenvalue weighted by atomic mass is 10.2. The highest BCUT2D eigenvalue weighted by Gasteiger charge is 2.10. The maximum atomic E-state index is 12.9. The van der Waals surface area contributed by atoms with E-state index in [0.29, 0.717) is 16.7 Å². The Morgan fingerprint density at radius 3 is 2.83 bits per heavy atom. The molecule has 0 aliphatic carbocycles. The Morgan fingerprint density at radius 2 is 2.12 bits per heavy atom. The topological polar surface area (TPSA) is 47.2 Å². The molecule has 0 aliphatic rings. The molecule has 3 rings (SSSR count). The van der Waals surface area contributed by atoms with Gasteiger partial charge in [-0.2, -0.15) is 9.78 Å². The molecule has 2 aromatic heterocycles. The summed E-state index contributed by atoms with van der Waals surface area (Å²) in [5.74, 6) is 0.698. The summed E-state index contributed by atoms with van der Waals surface area (Å²) in [7, 11) is 0. The molecule has 0 unspecified atom stereocenters. The summed E-state index contributed by atoms with van der Waals surface area (Å²) in [6, 6.07) is 7.52. The van der Waals surface area contributed by atoms with Crippen molar-refractivity contribution in [3.05, 3.63) is 59.6 Å². The highest BCUT2D eigenvalue weighted by Crippen LogP contribution is 2.19. The number of thiophene rings is 1. The van der Waals surface area contributed by atoms with E-state index in [0.717, 1.165) is 33.1 Å². The lowest BCUT2D eigenvalue weighted by molar-refractivity contribution is 0.675. The summed E-state index contributed by atoms with van der Waals surface area (Å²) >= 11 is 8.40. The van der Waals surface area contributed by atoms with Crippen LogP contribution in [0.1, 0.15) is 30.5 Å². The van der Waals surface area contributed by atoms with Crippen LogP contribution in [0.4, 0.5) is 0 Å². The van der Waals surface area contributed by atoms with Gasteiger partial charge in [0.1, 0.15) is 5.82 Å². The predicted octanol–water partition coefficient (Wildman–Crippen LogP) is 5.21. The van der Waals surface area contributed by atoms with Gasteiger partial charge in [0, 0.05) is 25.6 Å². The van der Waals surface area contributed by atoms with Crippen LogP contribution in [0.3, 0.4) is 0 Å². The molecule has 0 bridgehead atoms. The molecule has 0 radical (unpaired) electrons. The van der Waals surface area contributed by atoms with Gasteiger partial charge in [0.25, 0.3) is 5.56 Å². The molecule has 0 atom stereocenters. The van der Waals surface area contributed by atoms with Crippen LogP contribution in [0.25, 0.3) is 10.9 Å². The van der Waals surface area contributed by atoms with Gasteiger partial charge in [-0.3, -0.25) is 4.79 Å². The van der Waals surface area contributed by atoms with Crippen LogP contribution in [0.5, 0.6) is 0 Å². The number of halogens is 2. The van der Waals surface area contributed by atoms with E-state index in [9.17, 15) is 4.79 Å². The zero-order chi connectivity index (χ0) is 17.1. The predicted molar refractivity (Wildman–Crippen MR) is 107 cm³/mol. The minimum absolute atomic E-state index is 0.140. The zero-order valence-electron chi connectivity index (χ0n) is 13.0. The number of rotatable bonds is 5. The number of hydrogen-bond donors (Lipinski definition) is 0. The summed E-state index contributed by atoms with van der Waals surface area (Å²) in [5, 5.41) is 6.96. The Bertz CT molecular complexity index is 962. The van der Waals surface area contributed by atoms with Crippen molar-refractivity contribution in [2.24, 2.45) is 5.10 Å². The van der Waals surface area contributed by atoms with Gasteiger partial charge in [0.2, 0.25) is 0 Å². The van der Waals surface area contributed by atoms with Crippen LogP contribution in [0, 0.1) is 0 Å². The second-order valence-electron chi connectivity index (χ2n) is 5.32. The van der Waals surface area contributed by atoms with Gasteiger partial charge < -0.3 is 0 Å². The molecule has 0 N–H and O–H groups in total. The van der Waals surface area contributed by atoms with Crippen LogP contribution in [0.15, 0.2) is 48.5 Å². The molecule has 0 saturated heterocycles. The Morgan fingerprint density at radius 1 is 1.29 bits per heavy atom. The number of aryl methyl sites for hydroxylation is 1. The van der Waals surface area contributed by atoms with Crippen molar-refractivity contribution in [3.63, 3.8) is 0 Å². The highest BCUT2D eigenvalue weighted by atomic mass is 79.9. The van der Waals surface area contributed by atoms with Crippen molar-refractivity contribution in [3.8, 4) is 0 Å². The quantitative estimate of drug-likeness (QED) is 0.482. The lowest BCUT2D eigenvalue weighted by Gasteiger charge is -2.09. The number of fused-ring (bicyclic) bond motifs is 1. The van der Waals surface area contributed by atoms with E-state index in [2.05, 4.69) is 48.9 Å². The van der Waals surface area contributed by atoms with Crippen molar-refractivity contribution in [1.29, 1.82) is 0 Å². The van der Waals surface area contributed by atoms with Crippen molar-refractivity contribution in [1.82, 2.24) is 9.66 Å². The third-order valence-corrected chi connectivity index (χ3v) is 5.64. The maximum absolute atomic E-state index is 12.9. The van der Waals surface area contributed by atoms with E-state index < -0.39 is 0 Å². The molecular weight excluding hydrogens is 454 g/mol. The van der Waals surface area contributed by atoms with E-state index in [1.165, 1.54) is 4.68 Å². The molecule has 124 valence electrons. The van der Waals surface area contributed by atoms with Crippen LogP contribution >= 0.6 is 43.2 Å². The van der Waals surface area contributed by atoms with Gasteiger partial charge in [-0.1, -0.05) is 29.3 Å². The van der Waals surface area contributed by atoms with E-state index >= 15 is 0 Å². The molecule has 1 aromatic carbocycles. The molecule has 0 saturated carbocycles. The van der Waals surface area contributed by atoms with Crippen molar-refractivity contribution in [2.75, 3.05) is 0 Å². The monoisotopic (exact) mass is 467 g/mol. The Kier molecular flexibility index (Phi) is 5.63. The van der Waals surface area contributed by atoms with Gasteiger partial charge in [-0.05, 0) is 46.6 Å². The van der Waals surface area contributed by atoms with E-state index in [1.807, 2.05) is 23.6 Å². The summed E-state index contributed by atoms with van der Waals surface area (Å²) in [5.41, 5.74) is 0.568. The Balaban J connectivity index is 2.13. The smallest absolute Gasteiger partial charge is 0.267 e. The lowest BCUT2D eigenvalue weighted by Crippen LogP contribution is -2.22. The molecule has 24 heavy (non-hydrogen) atoms. The minimum Gasteiger partial charge on any atom is -0.267 e. The normalized spacial score (nSPS) is 11.6. The molecule has 2 heterocycles. The average molecular weight is 469 g/mol. The SMILES string of the molecule is CCCCc1nc2ccc(Br)cc2c(=O)n1N=Cc1cc(Br)cs1. The zero-order valence-corrected chi connectivity index (χ0v) is 17.0. The molecule has 0 aliphatic heterocycles. The highest BCUT2D eigenvalue weighted by molar-refractivity contribution is 9.10. The molecule has 4 nitrogen and oxygen atoms in total. The number of benzene rings is 1. The fourth-order valence-electron chi connectivity index (χ4n) is 2.32. The first-order valence-electron chi connectivity index (χ1n) is 7.58. The van der Waals surface area contributed by atoms with Gasteiger partial charge in [0.15, 0.2) is 0 Å². The Labute approximate surface area is 160 Å². The van der Waals surface area contributed by atoms with Crippen LogP contribution < -0.4 is 5.56 Å². The molecule has 3 aromatic rings. The summed E-state index contributed by atoms with van der Waals surface area (Å²) in [4.78, 5) is 18.5. The maximum Gasteiger partial charge on any atom is 0.282 e. The van der Waals surface area contributed by atoms with Gasteiger partial charge in [-0.25, -0.2) is 4.98 Å². The van der Waals surface area contributed by atoms with Crippen molar-refractivity contribution >= 4 is 60.3 Å². The molecule has 7 heteroatoms. The van der Waals surface area contributed by atoms with Gasteiger partial charge in [0.05, 0.1) is 17.1 Å². The number of nitrogens with zero attached hydrogens (tertiary/aromatic N) is 3. The molecule has 0 fully saturated rings. The number of hydrogen-bond acceptors (Lipinski definition) is 4. The molecular formula is C17H15Br2N3OS.